The number of anilines is 2. The van der Waals surface area contributed by atoms with E-state index < -0.39 is 10.2 Å². The number of H-pyrrole nitrogens is 1. The van der Waals surface area contributed by atoms with E-state index >= 15 is 0 Å². The van der Waals surface area contributed by atoms with Crippen LogP contribution in [-0.4, -0.2) is 37.9 Å². The van der Waals surface area contributed by atoms with Crippen LogP contribution < -0.4 is 9.44 Å². The van der Waals surface area contributed by atoms with Crippen molar-refractivity contribution in [2.45, 2.75) is 19.3 Å². The SMILES string of the molecule is O=S(=O)(Nc1ccc2ccccc2c1)Nc1ccc2[nH]cc(CCN3CCCC3)c2c1. The van der Waals surface area contributed by atoms with Crippen LogP contribution in [0.15, 0.2) is 66.9 Å². The van der Waals surface area contributed by atoms with Crippen LogP contribution in [0.3, 0.4) is 0 Å². The van der Waals surface area contributed by atoms with Crippen molar-refractivity contribution in [3.8, 4) is 0 Å². The van der Waals surface area contributed by atoms with Crippen molar-refractivity contribution in [3.05, 3.63) is 72.4 Å². The van der Waals surface area contributed by atoms with Crippen molar-refractivity contribution >= 4 is 43.3 Å². The molecule has 2 heterocycles. The summed E-state index contributed by atoms with van der Waals surface area (Å²) < 4.78 is 30.7. The van der Waals surface area contributed by atoms with Crippen molar-refractivity contribution in [1.29, 1.82) is 0 Å². The highest BCUT2D eigenvalue weighted by atomic mass is 32.2. The number of benzene rings is 3. The lowest BCUT2D eigenvalue weighted by Gasteiger charge is -2.14. The molecule has 0 amide bonds. The smallest absolute Gasteiger partial charge is 0.321 e. The van der Waals surface area contributed by atoms with Crippen molar-refractivity contribution in [2.75, 3.05) is 29.1 Å². The first-order valence-corrected chi connectivity index (χ1v) is 12.2. The van der Waals surface area contributed by atoms with Gasteiger partial charge in [0.05, 0.1) is 11.4 Å². The Morgan fingerprint density at radius 1 is 0.871 bits per heavy atom. The van der Waals surface area contributed by atoms with Crippen LogP contribution in [0.2, 0.25) is 0 Å². The van der Waals surface area contributed by atoms with Gasteiger partial charge in [-0.05, 0) is 79.0 Å². The van der Waals surface area contributed by atoms with E-state index in [1.165, 1.54) is 31.5 Å². The first-order valence-electron chi connectivity index (χ1n) is 10.7. The van der Waals surface area contributed by atoms with Crippen LogP contribution in [0.5, 0.6) is 0 Å². The molecule has 3 N–H and O–H groups in total. The van der Waals surface area contributed by atoms with Crippen molar-refractivity contribution in [3.63, 3.8) is 0 Å². The highest BCUT2D eigenvalue weighted by molar-refractivity contribution is 7.94. The highest BCUT2D eigenvalue weighted by Crippen LogP contribution is 2.25. The van der Waals surface area contributed by atoms with Gasteiger partial charge in [0, 0.05) is 23.6 Å². The average molecular weight is 435 g/mol. The minimum Gasteiger partial charge on any atom is -0.361 e. The maximum atomic E-state index is 12.7. The van der Waals surface area contributed by atoms with Crippen LogP contribution in [-0.2, 0) is 16.6 Å². The minimum absolute atomic E-state index is 0.528. The summed E-state index contributed by atoms with van der Waals surface area (Å²) in [6.45, 7) is 3.38. The van der Waals surface area contributed by atoms with Gasteiger partial charge >= 0.3 is 10.2 Å². The lowest BCUT2D eigenvalue weighted by molar-refractivity contribution is 0.344. The van der Waals surface area contributed by atoms with E-state index in [4.69, 9.17) is 0 Å². The Balaban J connectivity index is 1.32. The molecule has 1 aromatic heterocycles. The molecule has 0 saturated carbocycles. The minimum atomic E-state index is -3.76. The van der Waals surface area contributed by atoms with Crippen LogP contribution in [0, 0.1) is 0 Å². The van der Waals surface area contributed by atoms with Crippen LogP contribution in [0.1, 0.15) is 18.4 Å². The molecule has 1 aliphatic heterocycles. The maximum Gasteiger partial charge on any atom is 0.321 e. The van der Waals surface area contributed by atoms with Gasteiger partial charge in [0.25, 0.3) is 0 Å². The molecule has 6 nitrogen and oxygen atoms in total. The quantitative estimate of drug-likeness (QED) is 0.394. The molecule has 1 saturated heterocycles. The number of hydrogen-bond acceptors (Lipinski definition) is 3. The second-order valence-corrected chi connectivity index (χ2v) is 9.56. The van der Waals surface area contributed by atoms with Gasteiger partial charge in [-0.1, -0.05) is 30.3 Å². The number of nitrogens with one attached hydrogen (secondary N) is 3. The fraction of sp³-hybridized carbons (Fsp3) is 0.250. The predicted octanol–water partition coefficient (Wildman–Crippen LogP) is 4.73. The number of hydrogen-bond donors (Lipinski definition) is 3. The number of likely N-dealkylation sites (tertiary alicyclic amines) is 1. The van der Waals surface area contributed by atoms with Gasteiger partial charge in [-0.25, -0.2) is 0 Å². The van der Waals surface area contributed by atoms with E-state index in [2.05, 4.69) is 19.3 Å². The van der Waals surface area contributed by atoms with Crippen LogP contribution in [0.4, 0.5) is 11.4 Å². The number of aromatic amines is 1. The van der Waals surface area contributed by atoms with Crippen LogP contribution in [0.25, 0.3) is 21.7 Å². The Bertz CT molecular complexity index is 1320. The summed E-state index contributed by atoms with van der Waals surface area (Å²) in [5, 5.41) is 3.11. The summed E-state index contributed by atoms with van der Waals surface area (Å²) in [5.74, 6) is 0. The molecule has 31 heavy (non-hydrogen) atoms. The van der Waals surface area contributed by atoms with Gasteiger partial charge in [0.15, 0.2) is 0 Å². The van der Waals surface area contributed by atoms with Gasteiger partial charge in [0.2, 0.25) is 0 Å². The average Bonchev–Trinajstić information content (AvgIpc) is 3.41. The summed E-state index contributed by atoms with van der Waals surface area (Å²) in [7, 11) is -3.76. The topological polar surface area (TPSA) is 77.2 Å². The second kappa shape index (κ2) is 8.24. The molecular weight excluding hydrogens is 408 g/mol. The van der Waals surface area contributed by atoms with Crippen molar-refractivity contribution in [2.24, 2.45) is 0 Å². The predicted molar refractivity (Wildman–Crippen MR) is 128 cm³/mol. The summed E-state index contributed by atoms with van der Waals surface area (Å²) in [6.07, 6.45) is 5.55. The lowest BCUT2D eigenvalue weighted by Crippen LogP contribution is -2.22. The second-order valence-electron chi connectivity index (χ2n) is 8.14. The number of rotatable bonds is 7. The largest absolute Gasteiger partial charge is 0.361 e. The molecule has 0 unspecified atom stereocenters. The molecule has 5 rings (SSSR count). The summed E-state index contributed by atoms with van der Waals surface area (Å²) >= 11 is 0. The van der Waals surface area contributed by atoms with E-state index in [-0.39, 0.29) is 0 Å². The van der Waals surface area contributed by atoms with E-state index in [9.17, 15) is 8.42 Å². The van der Waals surface area contributed by atoms with Crippen LogP contribution >= 0.6 is 0 Å². The molecule has 7 heteroatoms. The molecule has 4 aromatic rings. The fourth-order valence-corrected chi connectivity index (χ4v) is 5.25. The fourth-order valence-electron chi connectivity index (χ4n) is 4.32. The van der Waals surface area contributed by atoms with Crippen molar-refractivity contribution < 1.29 is 8.42 Å². The highest BCUT2D eigenvalue weighted by Gasteiger charge is 2.14. The Kier molecular flexibility index (Phi) is 5.29. The van der Waals surface area contributed by atoms with Gasteiger partial charge in [-0.2, -0.15) is 8.42 Å². The van der Waals surface area contributed by atoms with Gasteiger partial charge in [-0.15, -0.1) is 0 Å². The molecule has 0 spiro atoms. The lowest BCUT2D eigenvalue weighted by atomic mass is 10.1. The van der Waals surface area contributed by atoms with E-state index in [0.29, 0.717) is 11.4 Å². The molecule has 1 aliphatic rings. The Morgan fingerprint density at radius 3 is 2.39 bits per heavy atom. The Labute approximate surface area is 182 Å². The molecule has 0 atom stereocenters. The van der Waals surface area contributed by atoms with E-state index in [1.54, 1.807) is 12.1 Å². The van der Waals surface area contributed by atoms with Gasteiger partial charge < -0.3 is 9.88 Å². The number of nitrogens with zero attached hydrogens (tertiary/aromatic N) is 1. The number of aromatic nitrogens is 1. The summed E-state index contributed by atoms with van der Waals surface area (Å²) in [6, 6.07) is 19.0. The zero-order valence-corrected chi connectivity index (χ0v) is 18.1. The molecule has 1 fully saturated rings. The standard InChI is InChI=1S/C24H26N4O2S/c29-31(30,26-21-8-7-18-5-1-2-6-19(18)15-21)27-22-9-10-24-23(16-22)20(17-25-24)11-14-28-12-3-4-13-28/h1-2,5-10,15-17,25-27H,3-4,11-14H2. The maximum absolute atomic E-state index is 12.7. The van der Waals surface area contributed by atoms with E-state index in [0.717, 1.165) is 34.6 Å². The first kappa shape index (κ1) is 19.9. The Morgan fingerprint density at radius 2 is 1.58 bits per heavy atom. The summed E-state index contributed by atoms with van der Waals surface area (Å²) in [4.78, 5) is 5.78. The normalized spacial score (nSPS) is 15.0. The molecule has 3 aromatic carbocycles. The monoisotopic (exact) mass is 434 g/mol. The number of fused-ring (bicyclic) bond motifs is 2. The third kappa shape index (κ3) is 4.52. The first-order chi connectivity index (χ1) is 15.1. The molecular formula is C24H26N4O2S. The molecule has 0 aliphatic carbocycles. The third-order valence-corrected chi connectivity index (χ3v) is 6.93. The molecule has 160 valence electrons. The zero-order chi connectivity index (χ0) is 21.3. The van der Waals surface area contributed by atoms with Gasteiger partial charge in [-0.3, -0.25) is 9.44 Å². The molecule has 0 radical (unpaired) electrons. The van der Waals surface area contributed by atoms with E-state index in [1.807, 2.05) is 54.7 Å². The molecule has 0 bridgehead atoms. The van der Waals surface area contributed by atoms with Crippen molar-refractivity contribution in [1.82, 2.24) is 9.88 Å². The third-order valence-electron chi connectivity index (χ3n) is 5.92. The Hall–Kier alpha value is -3.03. The zero-order valence-electron chi connectivity index (χ0n) is 17.3. The summed E-state index contributed by atoms with van der Waals surface area (Å²) in [5.41, 5.74) is 3.30. The van der Waals surface area contributed by atoms with Gasteiger partial charge in [0.1, 0.15) is 0 Å².